The Morgan fingerprint density at radius 1 is 1.35 bits per heavy atom. The number of ether oxygens (including phenoxy) is 1. The molecule has 0 spiro atoms. The van der Waals surface area contributed by atoms with Crippen molar-refractivity contribution in [2.75, 3.05) is 13.7 Å². The molecule has 0 aliphatic heterocycles. The average Bonchev–Trinajstić information content (AvgIpc) is 2.73. The fourth-order valence-electron chi connectivity index (χ4n) is 4.19. The minimum absolute atomic E-state index is 0.220. The van der Waals surface area contributed by atoms with E-state index in [9.17, 15) is 4.79 Å². The van der Waals surface area contributed by atoms with Crippen LogP contribution in [0.4, 0.5) is 0 Å². The SMILES string of the molecule is COC(=O)C(C)=CCNC1C2C3CCC(C3)C12. The molecule has 4 atom stereocenters. The first-order valence-electron chi connectivity index (χ1n) is 6.71. The summed E-state index contributed by atoms with van der Waals surface area (Å²) in [6.45, 7) is 2.61. The number of carbonyl (C=O) groups excluding carboxylic acids is 1. The number of carbonyl (C=O) groups is 1. The first-order chi connectivity index (χ1) is 8.22. The monoisotopic (exact) mass is 235 g/mol. The molecule has 94 valence electrons. The van der Waals surface area contributed by atoms with Gasteiger partial charge in [0.25, 0.3) is 0 Å². The Morgan fingerprint density at radius 3 is 2.59 bits per heavy atom. The van der Waals surface area contributed by atoms with Crippen LogP contribution >= 0.6 is 0 Å². The molecule has 3 aliphatic carbocycles. The molecule has 0 radical (unpaired) electrons. The van der Waals surface area contributed by atoms with Crippen molar-refractivity contribution in [1.29, 1.82) is 0 Å². The molecular weight excluding hydrogens is 214 g/mol. The summed E-state index contributed by atoms with van der Waals surface area (Å²) in [5, 5.41) is 3.59. The van der Waals surface area contributed by atoms with Gasteiger partial charge in [0.15, 0.2) is 0 Å². The summed E-state index contributed by atoms with van der Waals surface area (Å²) in [6, 6.07) is 0.739. The maximum Gasteiger partial charge on any atom is 0.333 e. The summed E-state index contributed by atoms with van der Waals surface area (Å²) in [7, 11) is 1.43. The summed E-state index contributed by atoms with van der Waals surface area (Å²) in [6.07, 6.45) is 6.36. The van der Waals surface area contributed by atoms with E-state index >= 15 is 0 Å². The molecule has 3 fully saturated rings. The lowest BCUT2D eigenvalue weighted by Gasteiger charge is -2.09. The summed E-state index contributed by atoms with van der Waals surface area (Å²) in [5.41, 5.74) is 0.703. The Hall–Kier alpha value is -0.830. The molecule has 3 nitrogen and oxygen atoms in total. The van der Waals surface area contributed by atoms with Crippen LogP contribution < -0.4 is 5.32 Å². The van der Waals surface area contributed by atoms with E-state index < -0.39 is 0 Å². The maximum atomic E-state index is 11.2. The molecule has 0 saturated heterocycles. The first kappa shape index (κ1) is 11.3. The fraction of sp³-hybridized carbons (Fsp3) is 0.786. The molecule has 0 aromatic rings. The van der Waals surface area contributed by atoms with Gasteiger partial charge in [-0.2, -0.15) is 0 Å². The standard InChI is InChI=1S/C14H21NO2/c1-8(14(16)17-2)5-6-15-13-11-9-3-4-10(7-9)12(11)13/h5,9-13,15H,3-4,6-7H2,1-2H3. The van der Waals surface area contributed by atoms with Crippen molar-refractivity contribution in [3.8, 4) is 0 Å². The molecule has 0 amide bonds. The lowest BCUT2D eigenvalue weighted by atomic mass is 10.0. The van der Waals surface area contributed by atoms with Gasteiger partial charge in [-0.25, -0.2) is 4.79 Å². The predicted molar refractivity (Wildman–Crippen MR) is 65.4 cm³/mol. The van der Waals surface area contributed by atoms with E-state index in [2.05, 4.69) is 10.1 Å². The molecule has 1 N–H and O–H groups in total. The van der Waals surface area contributed by atoms with Gasteiger partial charge in [0.05, 0.1) is 7.11 Å². The maximum absolute atomic E-state index is 11.2. The molecule has 0 aromatic heterocycles. The molecule has 3 aliphatic rings. The molecule has 3 saturated carbocycles. The van der Waals surface area contributed by atoms with Crippen molar-refractivity contribution in [1.82, 2.24) is 5.32 Å². The molecule has 3 rings (SSSR count). The topological polar surface area (TPSA) is 38.3 Å². The third-order valence-electron chi connectivity index (χ3n) is 5.00. The zero-order valence-electron chi connectivity index (χ0n) is 10.6. The van der Waals surface area contributed by atoms with Crippen LogP contribution in [0.2, 0.25) is 0 Å². The van der Waals surface area contributed by atoms with Crippen LogP contribution in [0, 0.1) is 23.7 Å². The van der Waals surface area contributed by atoms with E-state index in [0.717, 1.165) is 36.3 Å². The van der Waals surface area contributed by atoms with Gasteiger partial charge in [0.1, 0.15) is 0 Å². The van der Waals surface area contributed by atoms with Gasteiger partial charge in [-0.1, -0.05) is 6.08 Å². The highest BCUT2D eigenvalue weighted by atomic mass is 16.5. The molecule has 4 unspecified atom stereocenters. The van der Waals surface area contributed by atoms with Crippen molar-refractivity contribution in [2.45, 2.75) is 32.2 Å². The molecule has 3 heteroatoms. The number of hydrogen-bond donors (Lipinski definition) is 1. The third-order valence-corrected chi connectivity index (χ3v) is 5.00. The van der Waals surface area contributed by atoms with Crippen LogP contribution in [0.3, 0.4) is 0 Å². The number of fused-ring (bicyclic) bond motifs is 5. The van der Waals surface area contributed by atoms with E-state index in [0.29, 0.717) is 5.57 Å². The number of hydrogen-bond acceptors (Lipinski definition) is 3. The largest absolute Gasteiger partial charge is 0.466 e. The lowest BCUT2D eigenvalue weighted by Crippen LogP contribution is -2.23. The number of rotatable bonds is 4. The second-order valence-electron chi connectivity index (χ2n) is 5.80. The van der Waals surface area contributed by atoms with Gasteiger partial charge in [-0.05, 0) is 49.9 Å². The second kappa shape index (κ2) is 4.13. The van der Waals surface area contributed by atoms with Crippen LogP contribution in [0.25, 0.3) is 0 Å². The smallest absolute Gasteiger partial charge is 0.333 e. The highest BCUT2D eigenvalue weighted by Gasteiger charge is 2.64. The molecule has 0 aromatic carbocycles. The van der Waals surface area contributed by atoms with Gasteiger partial charge in [0, 0.05) is 18.2 Å². The van der Waals surface area contributed by atoms with Crippen LogP contribution in [-0.2, 0) is 9.53 Å². The normalized spacial score (nSPS) is 42.5. The Bertz CT molecular complexity index is 347. The van der Waals surface area contributed by atoms with Crippen molar-refractivity contribution in [3.05, 3.63) is 11.6 Å². The van der Waals surface area contributed by atoms with Gasteiger partial charge in [0.2, 0.25) is 0 Å². The molecule has 0 heterocycles. The number of methoxy groups -OCH3 is 1. The minimum atomic E-state index is -0.220. The Kier molecular flexibility index (Phi) is 2.74. The zero-order chi connectivity index (χ0) is 12.0. The third kappa shape index (κ3) is 1.81. The second-order valence-corrected chi connectivity index (χ2v) is 5.80. The van der Waals surface area contributed by atoms with Gasteiger partial charge in [-0.3, -0.25) is 0 Å². The lowest BCUT2D eigenvalue weighted by molar-refractivity contribution is -0.136. The fourth-order valence-corrected chi connectivity index (χ4v) is 4.19. The Balaban J connectivity index is 1.47. The van der Waals surface area contributed by atoms with Crippen LogP contribution in [0.1, 0.15) is 26.2 Å². The van der Waals surface area contributed by atoms with Crippen molar-refractivity contribution in [2.24, 2.45) is 23.7 Å². The predicted octanol–water partition coefficient (Wildman–Crippen LogP) is 1.74. The van der Waals surface area contributed by atoms with E-state index in [1.165, 1.54) is 26.4 Å². The molecule has 2 bridgehead atoms. The van der Waals surface area contributed by atoms with E-state index in [-0.39, 0.29) is 5.97 Å². The molecular formula is C14H21NO2. The van der Waals surface area contributed by atoms with Crippen molar-refractivity contribution < 1.29 is 9.53 Å². The minimum Gasteiger partial charge on any atom is -0.466 e. The van der Waals surface area contributed by atoms with Crippen LogP contribution in [-0.4, -0.2) is 25.7 Å². The van der Waals surface area contributed by atoms with E-state index in [4.69, 9.17) is 0 Å². The zero-order valence-corrected chi connectivity index (χ0v) is 10.6. The quantitative estimate of drug-likeness (QED) is 0.596. The van der Waals surface area contributed by atoms with Crippen LogP contribution in [0.15, 0.2) is 11.6 Å². The summed E-state index contributed by atoms with van der Waals surface area (Å²) < 4.78 is 4.67. The Labute approximate surface area is 103 Å². The van der Waals surface area contributed by atoms with Crippen molar-refractivity contribution in [3.63, 3.8) is 0 Å². The highest BCUT2D eigenvalue weighted by Crippen LogP contribution is 2.65. The van der Waals surface area contributed by atoms with Gasteiger partial charge in [-0.15, -0.1) is 0 Å². The van der Waals surface area contributed by atoms with E-state index in [1.807, 2.05) is 13.0 Å². The van der Waals surface area contributed by atoms with Gasteiger partial charge >= 0.3 is 5.97 Å². The van der Waals surface area contributed by atoms with Crippen molar-refractivity contribution >= 4 is 5.97 Å². The number of esters is 1. The average molecular weight is 235 g/mol. The molecule has 17 heavy (non-hydrogen) atoms. The highest BCUT2D eigenvalue weighted by molar-refractivity contribution is 5.87. The van der Waals surface area contributed by atoms with Gasteiger partial charge < -0.3 is 10.1 Å². The number of nitrogens with one attached hydrogen (secondary N) is 1. The summed E-state index contributed by atoms with van der Waals surface area (Å²) >= 11 is 0. The van der Waals surface area contributed by atoms with E-state index in [1.54, 1.807) is 0 Å². The Morgan fingerprint density at radius 2 is 2.00 bits per heavy atom. The summed E-state index contributed by atoms with van der Waals surface area (Å²) in [5.74, 6) is 3.71. The first-order valence-corrected chi connectivity index (χ1v) is 6.71. The summed E-state index contributed by atoms with van der Waals surface area (Å²) in [4.78, 5) is 11.2. The van der Waals surface area contributed by atoms with Crippen LogP contribution in [0.5, 0.6) is 0 Å².